The number of sulfonamides is 1. The van der Waals surface area contributed by atoms with E-state index in [9.17, 15) is 36.3 Å². The highest BCUT2D eigenvalue weighted by Gasteiger charge is 2.39. The highest BCUT2D eigenvalue weighted by atomic mass is 32.2. The largest absolute Gasteiger partial charge is 0.529 e. The van der Waals surface area contributed by atoms with Crippen LogP contribution in [0.25, 0.3) is 16.7 Å². The third-order valence-corrected chi connectivity index (χ3v) is 7.95. The van der Waals surface area contributed by atoms with Crippen molar-refractivity contribution >= 4 is 32.9 Å². The molecule has 0 radical (unpaired) electrons. The van der Waals surface area contributed by atoms with E-state index < -0.39 is 33.6 Å². The second-order valence-electron chi connectivity index (χ2n) is 8.82. The molecule has 4 rings (SSSR count). The summed E-state index contributed by atoms with van der Waals surface area (Å²) in [6.07, 6.45) is -6.30. The number of carboxylic acid groups (broad SMARTS) is 1. The molecule has 3 aromatic carbocycles. The Labute approximate surface area is 222 Å². The van der Waals surface area contributed by atoms with E-state index in [1.807, 2.05) is 6.92 Å². The minimum atomic E-state index is -4.99. The van der Waals surface area contributed by atoms with E-state index >= 15 is 0 Å². The molecule has 1 amide bonds. The van der Waals surface area contributed by atoms with Crippen molar-refractivity contribution in [1.29, 1.82) is 0 Å². The number of hydrogen-bond acceptors (Lipinski definition) is 6. The molecule has 0 unspecified atom stereocenters. The number of carbonyl (C=O) groups excluding carboxylic acids is 2. The van der Waals surface area contributed by atoms with Gasteiger partial charge in [0.2, 0.25) is 0 Å². The van der Waals surface area contributed by atoms with Gasteiger partial charge in [0.1, 0.15) is 5.82 Å². The Morgan fingerprint density at radius 3 is 2.21 bits per heavy atom. The summed E-state index contributed by atoms with van der Waals surface area (Å²) in [6, 6.07) is 16.2. The monoisotopic (exact) mass is 558 g/mol. The zero-order chi connectivity index (χ0) is 28.5. The standard InChI is InChI=1S/C27H24F3N3O5S/c1-3-24-31-22-16-19(25(34)27(28,29)30)8-13-23(22)33(24)20-9-6-18(7-10-20)14-15-32(26(35)36)39(37,38)21-11-4-17(2)5-12-21/h4-13,16H,3,14-15H2,1-2H3,(H,35,36)/p-1. The van der Waals surface area contributed by atoms with Crippen molar-refractivity contribution in [2.24, 2.45) is 0 Å². The van der Waals surface area contributed by atoms with Crippen molar-refractivity contribution in [2.45, 2.75) is 37.8 Å². The van der Waals surface area contributed by atoms with Gasteiger partial charge >= 0.3 is 6.18 Å². The first-order chi connectivity index (χ1) is 18.3. The van der Waals surface area contributed by atoms with Crippen LogP contribution in [0, 0.1) is 6.92 Å². The maximum absolute atomic E-state index is 12.9. The summed E-state index contributed by atoms with van der Waals surface area (Å²) < 4.78 is 66.3. The van der Waals surface area contributed by atoms with Gasteiger partial charge in [-0.15, -0.1) is 0 Å². The van der Waals surface area contributed by atoms with E-state index in [1.54, 1.807) is 47.9 Å². The number of aromatic nitrogens is 2. The molecular formula is C27H23F3N3O5S-. The predicted octanol–water partition coefficient (Wildman–Crippen LogP) is 4.22. The van der Waals surface area contributed by atoms with Gasteiger partial charge in [0.25, 0.3) is 15.8 Å². The van der Waals surface area contributed by atoms with Crippen molar-refractivity contribution in [3.8, 4) is 5.69 Å². The fraction of sp³-hybridized carbons (Fsp3) is 0.222. The van der Waals surface area contributed by atoms with Gasteiger partial charge in [0, 0.05) is 24.2 Å². The first-order valence-electron chi connectivity index (χ1n) is 11.9. The molecule has 0 saturated carbocycles. The Morgan fingerprint density at radius 2 is 1.64 bits per heavy atom. The molecule has 1 aromatic heterocycles. The van der Waals surface area contributed by atoms with Crippen LogP contribution in [-0.2, 0) is 22.9 Å². The quantitative estimate of drug-likeness (QED) is 0.300. The number of ketones is 1. The van der Waals surface area contributed by atoms with Gasteiger partial charge in [-0.3, -0.25) is 13.7 Å². The molecule has 0 atom stereocenters. The van der Waals surface area contributed by atoms with E-state index in [4.69, 9.17) is 0 Å². The van der Waals surface area contributed by atoms with Crippen LogP contribution >= 0.6 is 0 Å². The average Bonchev–Trinajstić information content (AvgIpc) is 3.26. The topological polar surface area (TPSA) is 112 Å². The minimum absolute atomic E-state index is 0.0770. The Kier molecular flexibility index (Phi) is 7.51. The maximum atomic E-state index is 12.9. The first kappa shape index (κ1) is 27.8. The summed E-state index contributed by atoms with van der Waals surface area (Å²) in [5.41, 5.74) is 2.33. The van der Waals surface area contributed by atoms with Crippen LogP contribution in [-0.4, -0.2) is 46.9 Å². The second kappa shape index (κ2) is 10.5. The van der Waals surface area contributed by atoms with Crippen molar-refractivity contribution in [1.82, 2.24) is 13.9 Å². The number of hydrogen-bond donors (Lipinski definition) is 0. The van der Waals surface area contributed by atoms with Crippen molar-refractivity contribution in [2.75, 3.05) is 6.54 Å². The summed E-state index contributed by atoms with van der Waals surface area (Å²) in [5, 5.41) is 11.7. The zero-order valence-corrected chi connectivity index (χ0v) is 21.7. The van der Waals surface area contributed by atoms with Gasteiger partial charge in [0.05, 0.1) is 15.9 Å². The Bertz CT molecular complexity index is 1650. The summed E-state index contributed by atoms with van der Waals surface area (Å²) >= 11 is 0. The van der Waals surface area contributed by atoms with Crippen LogP contribution in [0.5, 0.6) is 0 Å². The van der Waals surface area contributed by atoms with Crippen LogP contribution in [0.3, 0.4) is 0 Å². The molecule has 12 heteroatoms. The molecule has 0 aliphatic rings. The van der Waals surface area contributed by atoms with Crippen molar-refractivity contribution in [3.63, 3.8) is 0 Å². The number of benzene rings is 3. The third-order valence-electron chi connectivity index (χ3n) is 6.17. The molecule has 39 heavy (non-hydrogen) atoms. The van der Waals surface area contributed by atoms with E-state index in [0.717, 1.165) is 17.7 Å². The third kappa shape index (κ3) is 5.65. The SMILES string of the molecule is CCc1nc2cc(C(=O)C(F)(F)F)ccc2n1-c1ccc(CCN(C(=O)[O-])S(=O)(=O)c2ccc(C)cc2)cc1. The molecular weight excluding hydrogens is 535 g/mol. The lowest BCUT2D eigenvalue weighted by molar-refractivity contribution is -0.259. The van der Waals surface area contributed by atoms with Gasteiger partial charge in [-0.05, 0) is 61.4 Å². The second-order valence-corrected chi connectivity index (χ2v) is 10.7. The lowest BCUT2D eigenvalue weighted by Crippen LogP contribution is -2.45. The predicted molar refractivity (Wildman–Crippen MR) is 135 cm³/mol. The molecule has 0 saturated heterocycles. The molecule has 0 aliphatic carbocycles. The number of halogens is 3. The highest BCUT2D eigenvalue weighted by molar-refractivity contribution is 7.89. The smallest absolute Gasteiger partial charge is 0.454 e. The van der Waals surface area contributed by atoms with Crippen LogP contribution in [0.15, 0.2) is 71.6 Å². The number of rotatable bonds is 8. The number of Topliss-reactive ketones (excluding diaryl/α,β-unsaturated/α-hetero) is 1. The molecule has 204 valence electrons. The number of nitrogens with zero attached hydrogens (tertiary/aromatic N) is 3. The number of aryl methyl sites for hydroxylation is 2. The van der Waals surface area contributed by atoms with E-state index in [1.165, 1.54) is 18.2 Å². The Hall–Kier alpha value is -4.19. The van der Waals surface area contributed by atoms with E-state index in [2.05, 4.69) is 4.98 Å². The molecule has 0 bridgehead atoms. The van der Waals surface area contributed by atoms with Crippen LogP contribution in [0.1, 0.15) is 34.2 Å². The van der Waals surface area contributed by atoms with Gasteiger partial charge in [-0.2, -0.15) is 13.2 Å². The number of imidazole rings is 1. The number of fused-ring (bicyclic) bond motifs is 1. The van der Waals surface area contributed by atoms with E-state index in [-0.39, 0.29) is 23.4 Å². The summed E-state index contributed by atoms with van der Waals surface area (Å²) in [6.45, 7) is 3.25. The van der Waals surface area contributed by atoms with Crippen molar-refractivity contribution in [3.05, 3.63) is 89.2 Å². The normalized spacial score (nSPS) is 12.0. The van der Waals surface area contributed by atoms with Gasteiger partial charge < -0.3 is 9.90 Å². The number of amides is 1. The number of alkyl halides is 3. The molecule has 4 aromatic rings. The Morgan fingerprint density at radius 1 is 1.00 bits per heavy atom. The van der Waals surface area contributed by atoms with Crippen molar-refractivity contribution < 1.29 is 36.3 Å². The fourth-order valence-corrected chi connectivity index (χ4v) is 5.41. The molecule has 0 spiro atoms. The number of carbonyl (C=O) groups is 2. The maximum Gasteiger partial charge on any atom is 0.454 e. The average molecular weight is 559 g/mol. The molecule has 8 nitrogen and oxygen atoms in total. The van der Waals surface area contributed by atoms with Crippen LogP contribution < -0.4 is 5.11 Å². The molecule has 0 aliphatic heterocycles. The highest BCUT2D eigenvalue weighted by Crippen LogP contribution is 2.27. The van der Waals surface area contributed by atoms with Gasteiger partial charge in [-0.25, -0.2) is 13.4 Å². The fourth-order valence-electron chi connectivity index (χ4n) is 4.15. The van der Waals surface area contributed by atoms with Crippen LogP contribution in [0.4, 0.5) is 18.0 Å². The molecule has 0 fully saturated rings. The van der Waals surface area contributed by atoms with Gasteiger partial charge in [0.15, 0.2) is 6.09 Å². The van der Waals surface area contributed by atoms with Gasteiger partial charge in [-0.1, -0.05) is 36.8 Å². The lowest BCUT2D eigenvalue weighted by Gasteiger charge is -2.24. The molecule has 0 N–H and O–H groups in total. The summed E-state index contributed by atoms with van der Waals surface area (Å²) in [5.74, 6) is -1.39. The first-order valence-corrected chi connectivity index (χ1v) is 13.3. The minimum Gasteiger partial charge on any atom is -0.529 e. The van der Waals surface area contributed by atoms with Crippen LogP contribution in [0.2, 0.25) is 0 Å². The lowest BCUT2D eigenvalue weighted by atomic mass is 10.1. The summed E-state index contributed by atoms with van der Waals surface area (Å²) in [7, 11) is -4.32. The summed E-state index contributed by atoms with van der Waals surface area (Å²) in [4.78, 5) is 27.6. The molecule has 1 heterocycles. The zero-order valence-electron chi connectivity index (χ0n) is 20.9. The Balaban J connectivity index is 1.58. The van der Waals surface area contributed by atoms with E-state index in [0.29, 0.717) is 33.3 Å².